The second kappa shape index (κ2) is 5.59. The molecule has 0 bridgehead atoms. The highest BCUT2D eigenvalue weighted by Crippen LogP contribution is 2.31. The van der Waals surface area contributed by atoms with Crippen molar-refractivity contribution in [2.75, 3.05) is 0 Å². The van der Waals surface area contributed by atoms with Crippen molar-refractivity contribution in [2.24, 2.45) is 7.05 Å². The smallest absolute Gasteiger partial charge is 0.172 e. The van der Waals surface area contributed by atoms with Gasteiger partial charge in [0.25, 0.3) is 0 Å². The molecule has 0 aliphatic heterocycles. The number of hydrogen-bond acceptors (Lipinski definition) is 4. The molecule has 0 aliphatic rings. The zero-order valence-corrected chi connectivity index (χ0v) is 11.8. The van der Waals surface area contributed by atoms with Crippen LogP contribution >= 0.6 is 23.2 Å². The van der Waals surface area contributed by atoms with Crippen molar-refractivity contribution in [3.05, 3.63) is 39.6 Å². The van der Waals surface area contributed by atoms with Crippen molar-refractivity contribution in [2.45, 2.75) is 13.0 Å². The molecule has 0 radical (unpaired) electrons. The quantitative estimate of drug-likeness (QED) is 0.814. The summed E-state index contributed by atoms with van der Waals surface area (Å²) in [5.74, 6) is 0.483. The first-order valence-electron chi connectivity index (χ1n) is 5.49. The van der Waals surface area contributed by atoms with Gasteiger partial charge in [-0.1, -0.05) is 28.4 Å². The van der Waals surface area contributed by atoms with Gasteiger partial charge in [0.15, 0.2) is 12.0 Å². The summed E-state index contributed by atoms with van der Waals surface area (Å²) in [5, 5.41) is 8.47. The van der Waals surface area contributed by atoms with Gasteiger partial charge >= 0.3 is 0 Å². The van der Waals surface area contributed by atoms with E-state index in [1.807, 2.05) is 0 Å². The summed E-state index contributed by atoms with van der Waals surface area (Å²) in [4.78, 5) is 10.9. The van der Waals surface area contributed by atoms with Crippen LogP contribution in [0.2, 0.25) is 10.0 Å². The fourth-order valence-electron chi connectivity index (χ4n) is 1.75. The van der Waals surface area contributed by atoms with Gasteiger partial charge in [-0.15, -0.1) is 5.10 Å². The SMILES string of the molecule is CC(Oc1ccc(Cl)cc1Cl)c1c(C=O)nnn1C. The lowest BCUT2D eigenvalue weighted by Gasteiger charge is -2.16. The monoisotopic (exact) mass is 299 g/mol. The molecule has 1 aromatic carbocycles. The summed E-state index contributed by atoms with van der Waals surface area (Å²) in [6.07, 6.45) is 0.227. The molecule has 2 aromatic rings. The molecule has 0 fully saturated rings. The van der Waals surface area contributed by atoms with Crippen LogP contribution in [-0.2, 0) is 7.05 Å². The predicted octanol–water partition coefficient (Wildman–Crippen LogP) is 3.07. The average Bonchev–Trinajstić information content (AvgIpc) is 2.74. The van der Waals surface area contributed by atoms with Gasteiger partial charge in [-0.05, 0) is 25.1 Å². The molecular formula is C12H11Cl2N3O2. The van der Waals surface area contributed by atoms with Crippen molar-refractivity contribution in [3.63, 3.8) is 0 Å². The number of hydrogen-bond donors (Lipinski definition) is 0. The number of rotatable bonds is 4. The number of ether oxygens (including phenoxy) is 1. The molecule has 0 saturated carbocycles. The second-order valence-corrected chi connectivity index (χ2v) is 4.78. The third kappa shape index (κ3) is 2.88. The van der Waals surface area contributed by atoms with Crippen LogP contribution in [0.5, 0.6) is 5.75 Å². The average molecular weight is 300 g/mol. The Balaban J connectivity index is 2.27. The number of benzene rings is 1. The Bertz CT molecular complexity index is 613. The molecule has 100 valence electrons. The van der Waals surface area contributed by atoms with Gasteiger partial charge in [-0.25, -0.2) is 4.68 Å². The van der Waals surface area contributed by atoms with Crippen LogP contribution in [0.1, 0.15) is 29.2 Å². The lowest BCUT2D eigenvalue weighted by atomic mass is 10.2. The fraction of sp³-hybridized carbons (Fsp3) is 0.250. The van der Waals surface area contributed by atoms with Crippen LogP contribution < -0.4 is 4.74 Å². The van der Waals surface area contributed by atoms with E-state index in [1.54, 1.807) is 32.2 Å². The van der Waals surface area contributed by atoms with E-state index in [9.17, 15) is 4.79 Å². The molecule has 0 saturated heterocycles. The number of carbonyl (C=O) groups excluding carboxylic acids is 1. The van der Waals surface area contributed by atoms with Crippen LogP contribution in [0.3, 0.4) is 0 Å². The molecule has 0 amide bonds. The molecule has 1 unspecified atom stereocenters. The van der Waals surface area contributed by atoms with Crippen LogP contribution in [-0.4, -0.2) is 21.3 Å². The van der Waals surface area contributed by atoms with E-state index in [0.717, 1.165) is 0 Å². The Morgan fingerprint density at radius 2 is 2.16 bits per heavy atom. The summed E-state index contributed by atoms with van der Waals surface area (Å²) in [6, 6.07) is 4.94. The summed E-state index contributed by atoms with van der Waals surface area (Å²) in [7, 11) is 1.69. The Hall–Kier alpha value is -1.59. The summed E-state index contributed by atoms with van der Waals surface area (Å²) >= 11 is 11.8. The molecule has 7 heteroatoms. The van der Waals surface area contributed by atoms with E-state index in [2.05, 4.69) is 10.3 Å². The fourth-order valence-corrected chi connectivity index (χ4v) is 2.21. The number of carbonyl (C=O) groups is 1. The lowest BCUT2D eigenvalue weighted by molar-refractivity contribution is 0.111. The van der Waals surface area contributed by atoms with E-state index in [1.165, 1.54) is 4.68 Å². The molecule has 0 aliphatic carbocycles. The zero-order valence-electron chi connectivity index (χ0n) is 10.3. The van der Waals surface area contributed by atoms with Gasteiger partial charge in [0.1, 0.15) is 17.5 Å². The third-order valence-corrected chi connectivity index (χ3v) is 3.12. The molecule has 1 atom stereocenters. The number of aromatic nitrogens is 3. The predicted molar refractivity (Wildman–Crippen MR) is 71.9 cm³/mol. The van der Waals surface area contributed by atoms with Crippen molar-refractivity contribution in [1.29, 1.82) is 0 Å². The summed E-state index contributed by atoms with van der Waals surface area (Å²) in [6.45, 7) is 1.79. The molecule has 2 rings (SSSR count). The first kappa shape index (κ1) is 13.8. The molecule has 1 heterocycles. The Kier molecular flexibility index (Phi) is 4.07. The van der Waals surface area contributed by atoms with Crippen LogP contribution in [0.4, 0.5) is 0 Å². The van der Waals surface area contributed by atoms with Gasteiger partial charge in [-0.2, -0.15) is 0 Å². The van der Waals surface area contributed by atoms with Gasteiger partial charge in [0, 0.05) is 12.1 Å². The lowest BCUT2D eigenvalue weighted by Crippen LogP contribution is -2.11. The summed E-state index contributed by atoms with van der Waals surface area (Å²) in [5.41, 5.74) is 0.834. The van der Waals surface area contributed by atoms with Gasteiger partial charge in [0.2, 0.25) is 0 Å². The van der Waals surface area contributed by atoms with Crippen LogP contribution in [0.25, 0.3) is 0 Å². The zero-order chi connectivity index (χ0) is 14.0. The molecule has 19 heavy (non-hydrogen) atoms. The van der Waals surface area contributed by atoms with Gasteiger partial charge in [-0.3, -0.25) is 4.79 Å². The highest BCUT2D eigenvalue weighted by Gasteiger charge is 2.19. The number of aryl methyl sites for hydroxylation is 1. The van der Waals surface area contributed by atoms with Gasteiger partial charge in [0.05, 0.1) is 5.02 Å². The molecular weight excluding hydrogens is 289 g/mol. The van der Waals surface area contributed by atoms with E-state index < -0.39 is 6.10 Å². The largest absolute Gasteiger partial charge is 0.483 e. The number of halogens is 2. The third-order valence-electron chi connectivity index (χ3n) is 2.59. The standard InChI is InChI=1S/C12H11Cl2N3O2/c1-7(12-10(6-18)15-16-17(12)2)19-11-4-3-8(13)5-9(11)14/h3-7H,1-2H3. The topological polar surface area (TPSA) is 57.0 Å². The maximum Gasteiger partial charge on any atom is 0.172 e. The minimum atomic E-state index is -0.418. The highest BCUT2D eigenvalue weighted by atomic mass is 35.5. The summed E-state index contributed by atoms with van der Waals surface area (Å²) < 4.78 is 7.22. The van der Waals surface area contributed by atoms with E-state index in [-0.39, 0.29) is 5.69 Å². The van der Waals surface area contributed by atoms with E-state index in [0.29, 0.717) is 27.8 Å². The maximum atomic E-state index is 10.9. The Morgan fingerprint density at radius 1 is 1.42 bits per heavy atom. The number of nitrogens with zero attached hydrogens (tertiary/aromatic N) is 3. The highest BCUT2D eigenvalue weighted by molar-refractivity contribution is 6.35. The normalized spacial score (nSPS) is 12.2. The van der Waals surface area contributed by atoms with Crippen molar-refractivity contribution < 1.29 is 9.53 Å². The molecule has 1 aromatic heterocycles. The minimum absolute atomic E-state index is 0.250. The first-order valence-corrected chi connectivity index (χ1v) is 6.25. The molecule has 0 N–H and O–H groups in total. The van der Waals surface area contributed by atoms with Crippen molar-refractivity contribution >= 4 is 29.5 Å². The number of aldehydes is 1. The van der Waals surface area contributed by atoms with Crippen molar-refractivity contribution in [1.82, 2.24) is 15.0 Å². The maximum absolute atomic E-state index is 10.9. The minimum Gasteiger partial charge on any atom is -0.483 e. The van der Waals surface area contributed by atoms with Crippen LogP contribution in [0.15, 0.2) is 18.2 Å². The van der Waals surface area contributed by atoms with Crippen molar-refractivity contribution in [3.8, 4) is 5.75 Å². The van der Waals surface area contributed by atoms with E-state index >= 15 is 0 Å². The van der Waals surface area contributed by atoms with Gasteiger partial charge < -0.3 is 4.74 Å². The second-order valence-electron chi connectivity index (χ2n) is 3.94. The van der Waals surface area contributed by atoms with Crippen LogP contribution in [0, 0.1) is 0 Å². The van der Waals surface area contributed by atoms with E-state index in [4.69, 9.17) is 27.9 Å². The Morgan fingerprint density at radius 3 is 2.79 bits per heavy atom. The first-order chi connectivity index (χ1) is 9.02. The Labute approximate surface area is 120 Å². The molecule has 0 spiro atoms. The molecule has 5 nitrogen and oxygen atoms in total.